The summed E-state index contributed by atoms with van der Waals surface area (Å²) in [5.74, 6) is -0.0299. The maximum atomic E-state index is 12.5. The second-order valence-electron chi connectivity index (χ2n) is 5.96. The van der Waals surface area contributed by atoms with Gasteiger partial charge in [-0.2, -0.15) is 0 Å². The van der Waals surface area contributed by atoms with E-state index in [9.17, 15) is 4.79 Å². The molecule has 1 unspecified atom stereocenters. The Morgan fingerprint density at radius 2 is 1.95 bits per heavy atom. The molecule has 116 valence electrons. The number of piperazine rings is 1. The summed E-state index contributed by atoms with van der Waals surface area (Å²) in [6.45, 7) is 9.31. The number of rotatable bonds is 4. The summed E-state index contributed by atoms with van der Waals surface area (Å²) in [5.41, 5.74) is -0.390. The first kappa shape index (κ1) is 15.7. The molecule has 2 heterocycles. The Kier molecular flexibility index (Phi) is 5.81. The highest BCUT2D eigenvalue weighted by atomic mass is 16.5. The summed E-state index contributed by atoms with van der Waals surface area (Å²) in [4.78, 5) is 17.4. The summed E-state index contributed by atoms with van der Waals surface area (Å²) in [7, 11) is 1.53. The first-order valence-corrected chi connectivity index (χ1v) is 7.99. The quantitative estimate of drug-likeness (QED) is 0.770. The number of carbonyl (C=O) groups is 1. The van der Waals surface area contributed by atoms with Crippen molar-refractivity contribution >= 4 is 5.97 Å². The molecule has 0 aromatic rings. The molecule has 0 aromatic carbocycles. The predicted octanol–water partition coefficient (Wildman–Crippen LogP) is 0.699. The Hall–Kier alpha value is -0.650. The van der Waals surface area contributed by atoms with Crippen molar-refractivity contribution in [1.29, 1.82) is 0 Å². The minimum absolute atomic E-state index is 0.0299. The maximum absolute atomic E-state index is 12.5. The van der Waals surface area contributed by atoms with Crippen molar-refractivity contribution in [3.05, 3.63) is 0 Å². The molecule has 0 saturated carbocycles. The van der Waals surface area contributed by atoms with E-state index in [0.717, 1.165) is 65.1 Å². The summed E-state index contributed by atoms with van der Waals surface area (Å²) in [6.07, 6.45) is 4.09. The summed E-state index contributed by atoms with van der Waals surface area (Å²) in [6, 6.07) is 0. The van der Waals surface area contributed by atoms with Gasteiger partial charge in [0, 0.05) is 32.7 Å². The van der Waals surface area contributed by atoms with E-state index < -0.39 is 0 Å². The second kappa shape index (κ2) is 7.38. The van der Waals surface area contributed by atoms with E-state index >= 15 is 0 Å². The van der Waals surface area contributed by atoms with Crippen molar-refractivity contribution in [2.24, 2.45) is 0 Å². The van der Waals surface area contributed by atoms with E-state index in [1.165, 1.54) is 13.5 Å². The molecule has 2 aliphatic heterocycles. The number of hydrogen-bond acceptors (Lipinski definition) is 5. The molecule has 0 bridgehead atoms. The zero-order valence-corrected chi connectivity index (χ0v) is 13.0. The largest absolute Gasteiger partial charge is 0.468 e. The highest BCUT2D eigenvalue weighted by molar-refractivity contribution is 5.81. The molecule has 2 aliphatic rings. The zero-order valence-electron chi connectivity index (χ0n) is 13.0. The topological polar surface area (TPSA) is 44.8 Å². The summed E-state index contributed by atoms with van der Waals surface area (Å²) >= 11 is 0. The van der Waals surface area contributed by atoms with Crippen LogP contribution in [-0.4, -0.2) is 74.2 Å². The van der Waals surface area contributed by atoms with Crippen LogP contribution in [0, 0.1) is 0 Å². The van der Waals surface area contributed by atoms with Gasteiger partial charge in [-0.3, -0.25) is 9.69 Å². The van der Waals surface area contributed by atoms with Crippen molar-refractivity contribution in [3.63, 3.8) is 0 Å². The summed E-state index contributed by atoms with van der Waals surface area (Å²) in [5, 5.41) is 3.37. The SMILES string of the molecule is CCCN1CCCC(C(=O)OC)(N2CCNCC2)CC1. The van der Waals surface area contributed by atoms with Crippen LogP contribution in [0.5, 0.6) is 0 Å². The van der Waals surface area contributed by atoms with Crippen LogP contribution in [0.3, 0.4) is 0 Å². The van der Waals surface area contributed by atoms with Crippen molar-refractivity contribution in [2.45, 2.75) is 38.1 Å². The molecular formula is C15H29N3O2. The molecule has 0 aliphatic carbocycles. The van der Waals surface area contributed by atoms with E-state index in [1.807, 2.05) is 0 Å². The Morgan fingerprint density at radius 3 is 2.60 bits per heavy atom. The van der Waals surface area contributed by atoms with Crippen LogP contribution >= 0.6 is 0 Å². The van der Waals surface area contributed by atoms with Gasteiger partial charge in [0.15, 0.2) is 0 Å². The number of nitrogens with one attached hydrogen (secondary N) is 1. The fourth-order valence-electron chi connectivity index (χ4n) is 3.65. The van der Waals surface area contributed by atoms with Crippen LogP contribution in [0.2, 0.25) is 0 Å². The highest BCUT2D eigenvalue weighted by Gasteiger charge is 2.45. The fraction of sp³-hybridized carbons (Fsp3) is 0.933. The number of nitrogens with zero attached hydrogens (tertiary/aromatic N) is 2. The number of likely N-dealkylation sites (tertiary alicyclic amines) is 1. The standard InChI is InChI=1S/C15H29N3O2/c1-3-9-17-10-4-5-15(6-11-17,14(19)20-2)18-12-7-16-8-13-18/h16H,3-13H2,1-2H3. The van der Waals surface area contributed by atoms with Gasteiger partial charge in [0.1, 0.15) is 5.54 Å². The number of methoxy groups -OCH3 is 1. The minimum atomic E-state index is -0.390. The third-order valence-electron chi connectivity index (χ3n) is 4.73. The molecule has 2 rings (SSSR count). The molecule has 20 heavy (non-hydrogen) atoms. The van der Waals surface area contributed by atoms with Crippen molar-refractivity contribution in [3.8, 4) is 0 Å². The van der Waals surface area contributed by atoms with Gasteiger partial charge in [0.25, 0.3) is 0 Å². The van der Waals surface area contributed by atoms with Crippen LogP contribution in [0.4, 0.5) is 0 Å². The number of hydrogen-bond donors (Lipinski definition) is 1. The van der Waals surface area contributed by atoms with Gasteiger partial charge in [-0.15, -0.1) is 0 Å². The minimum Gasteiger partial charge on any atom is -0.468 e. The molecule has 5 nitrogen and oxygen atoms in total. The Morgan fingerprint density at radius 1 is 1.20 bits per heavy atom. The smallest absolute Gasteiger partial charge is 0.326 e. The summed E-state index contributed by atoms with van der Waals surface area (Å²) < 4.78 is 5.18. The van der Waals surface area contributed by atoms with Crippen LogP contribution in [0.15, 0.2) is 0 Å². The Bertz CT molecular complexity index is 318. The van der Waals surface area contributed by atoms with Gasteiger partial charge < -0.3 is 15.0 Å². The number of ether oxygens (including phenoxy) is 1. The lowest BCUT2D eigenvalue weighted by molar-refractivity contribution is -0.157. The normalized spacial score (nSPS) is 29.9. The highest BCUT2D eigenvalue weighted by Crippen LogP contribution is 2.31. The third-order valence-corrected chi connectivity index (χ3v) is 4.73. The lowest BCUT2D eigenvalue weighted by atomic mass is 9.87. The van der Waals surface area contributed by atoms with Crippen molar-refractivity contribution in [2.75, 3.05) is 52.9 Å². The van der Waals surface area contributed by atoms with E-state index in [2.05, 4.69) is 22.0 Å². The first-order chi connectivity index (χ1) is 9.73. The van der Waals surface area contributed by atoms with Gasteiger partial charge in [0.05, 0.1) is 7.11 Å². The van der Waals surface area contributed by atoms with Crippen LogP contribution < -0.4 is 5.32 Å². The lowest BCUT2D eigenvalue weighted by Crippen LogP contribution is -2.60. The molecular weight excluding hydrogens is 254 g/mol. The third kappa shape index (κ3) is 3.32. The molecule has 0 radical (unpaired) electrons. The monoisotopic (exact) mass is 283 g/mol. The van der Waals surface area contributed by atoms with E-state index in [-0.39, 0.29) is 11.5 Å². The van der Waals surface area contributed by atoms with Gasteiger partial charge in [-0.25, -0.2) is 0 Å². The van der Waals surface area contributed by atoms with Crippen LogP contribution in [-0.2, 0) is 9.53 Å². The first-order valence-electron chi connectivity index (χ1n) is 7.99. The average molecular weight is 283 g/mol. The second-order valence-corrected chi connectivity index (χ2v) is 5.96. The Labute approximate surface area is 122 Å². The molecule has 0 spiro atoms. The van der Waals surface area contributed by atoms with E-state index in [4.69, 9.17) is 4.74 Å². The van der Waals surface area contributed by atoms with Crippen molar-refractivity contribution < 1.29 is 9.53 Å². The lowest BCUT2D eigenvalue weighted by Gasteiger charge is -2.43. The van der Waals surface area contributed by atoms with Crippen LogP contribution in [0.1, 0.15) is 32.6 Å². The molecule has 0 amide bonds. The van der Waals surface area contributed by atoms with Gasteiger partial charge in [0.2, 0.25) is 0 Å². The molecule has 2 fully saturated rings. The van der Waals surface area contributed by atoms with E-state index in [0.29, 0.717) is 0 Å². The molecule has 1 atom stereocenters. The molecule has 0 aromatic heterocycles. The number of esters is 1. The van der Waals surface area contributed by atoms with E-state index in [1.54, 1.807) is 0 Å². The number of carbonyl (C=O) groups excluding carboxylic acids is 1. The Balaban J connectivity index is 2.12. The predicted molar refractivity (Wildman–Crippen MR) is 79.8 cm³/mol. The molecule has 2 saturated heterocycles. The molecule has 1 N–H and O–H groups in total. The van der Waals surface area contributed by atoms with Crippen molar-refractivity contribution in [1.82, 2.24) is 15.1 Å². The zero-order chi connectivity index (χ0) is 14.4. The maximum Gasteiger partial charge on any atom is 0.326 e. The van der Waals surface area contributed by atoms with Gasteiger partial charge in [-0.05, 0) is 38.8 Å². The van der Waals surface area contributed by atoms with Gasteiger partial charge >= 0.3 is 5.97 Å². The average Bonchev–Trinajstić information content (AvgIpc) is 2.71. The fourth-order valence-corrected chi connectivity index (χ4v) is 3.65. The molecule has 5 heteroatoms. The van der Waals surface area contributed by atoms with Crippen LogP contribution in [0.25, 0.3) is 0 Å². The van der Waals surface area contributed by atoms with Gasteiger partial charge in [-0.1, -0.05) is 6.92 Å².